The van der Waals surface area contributed by atoms with Gasteiger partial charge >= 0.3 is 0 Å². The minimum Gasteiger partial charge on any atom is -0.497 e. The van der Waals surface area contributed by atoms with Crippen LogP contribution in [0.25, 0.3) is 0 Å². The van der Waals surface area contributed by atoms with Gasteiger partial charge in [0.15, 0.2) is 0 Å². The van der Waals surface area contributed by atoms with Gasteiger partial charge in [0.05, 0.1) is 12.0 Å². The highest BCUT2D eigenvalue weighted by Gasteiger charge is 2.13. The molecule has 0 heterocycles. The minimum atomic E-state index is -3.52. The van der Waals surface area contributed by atoms with Crippen LogP contribution in [0.4, 0.5) is 5.69 Å². The van der Waals surface area contributed by atoms with Crippen LogP contribution in [0.5, 0.6) is 5.75 Å². The van der Waals surface area contributed by atoms with Crippen LogP contribution in [0, 0.1) is 0 Å². The minimum absolute atomic E-state index is 0.178. The molecule has 0 atom stereocenters. The van der Waals surface area contributed by atoms with E-state index in [0.29, 0.717) is 18.7 Å². The lowest BCUT2D eigenvalue weighted by molar-refractivity contribution is 0.414. The first-order chi connectivity index (χ1) is 10.0. The van der Waals surface area contributed by atoms with Gasteiger partial charge in [0, 0.05) is 12.2 Å². The van der Waals surface area contributed by atoms with Crippen LogP contribution >= 0.6 is 0 Å². The van der Waals surface area contributed by atoms with Gasteiger partial charge < -0.3 is 10.5 Å². The maximum Gasteiger partial charge on any atom is 0.240 e. The number of rotatable bonds is 6. The molecule has 0 saturated carbocycles. The topological polar surface area (TPSA) is 81.4 Å². The third-order valence-electron chi connectivity index (χ3n) is 3.03. The molecule has 2 rings (SSSR count). The molecule has 0 radical (unpaired) electrons. The zero-order valence-electron chi connectivity index (χ0n) is 11.7. The van der Waals surface area contributed by atoms with Crippen molar-refractivity contribution in [1.29, 1.82) is 0 Å². The Morgan fingerprint density at radius 2 is 1.86 bits per heavy atom. The van der Waals surface area contributed by atoms with Gasteiger partial charge in [0.1, 0.15) is 5.75 Å². The summed E-state index contributed by atoms with van der Waals surface area (Å²) in [6.45, 7) is 0.323. The molecule has 112 valence electrons. The molecule has 0 spiro atoms. The standard InChI is InChI=1S/C15H18N2O3S/c1-20-14-7-5-12(6-8-14)9-10-17-21(18,19)15-4-2-3-13(16)11-15/h2-8,11,17H,9-10,16H2,1H3. The Labute approximate surface area is 124 Å². The summed E-state index contributed by atoms with van der Waals surface area (Å²) in [6, 6.07) is 13.7. The molecular weight excluding hydrogens is 288 g/mol. The first-order valence-corrected chi connectivity index (χ1v) is 7.98. The third kappa shape index (κ3) is 4.21. The Balaban J connectivity index is 1.95. The van der Waals surface area contributed by atoms with Gasteiger partial charge in [-0.1, -0.05) is 18.2 Å². The highest BCUT2D eigenvalue weighted by Crippen LogP contribution is 2.13. The number of methoxy groups -OCH3 is 1. The predicted octanol–water partition coefficient (Wildman–Crippen LogP) is 1.80. The smallest absolute Gasteiger partial charge is 0.240 e. The number of hydrogen-bond acceptors (Lipinski definition) is 4. The van der Waals surface area contributed by atoms with Gasteiger partial charge in [-0.2, -0.15) is 0 Å². The van der Waals surface area contributed by atoms with Gasteiger partial charge in [-0.25, -0.2) is 13.1 Å². The van der Waals surface area contributed by atoms with Crippen LogP contribution in [0.15, 0.2) is 53.4 Å². The molecule has 21 heavy (non-hydrogen) atoms. The van der Waals surface area contributed by atoms with E-state index in [2.05, 4.69) is 4.72 Å². The van der Waals surface area contributed by atoms with Crippen molar-refractivity contribution in [1.82, 2.24) is 4.72 Å². The van der Waals surface area contributed by atoms with Crippen LogP contribution in [-0.2, 0) is 16.4 Å². The fourth-order valence-electron chi connectivity index (χ4n) is 1.89. The number of ether oxygens (including phenoxy) is 1. The molecule has 0 aromatic heterocycles. The van der Waals surface area contributed by atoms with Gasteiger partial charge in [-0.05, 0) is 42.3 Å². The molecule has 3 N–H and O–H groups in total. The summed E-state index contributed by atoms with van der Waals surface area (Å²) >= 11 is 0. The van der Waals surface area contributed by atoms with E-state index >= 15 is 0 Å². The summed E-state index contributed by atoms with van der Waals surface area (Å²) < 4.78 is 31.8. The van der Waals surface area contributed by atoms with E-state index in [1.165, 1.54) is 12.1 Å². The number of hydrogen-bond donors (Lipinski definition) is 2. The molecule has 0 aliphatic heterocycles. The number of nitrogen functional groups attached to an aromatic ring is 1. The van der Waals surface area contributed by atoms with Crippen molar-refractivity contribution in [2.24, 2.45) is 0 Å². The molecule has 0 bridgehead atoms. The van der Waals surface area contributed by atoms with Crippen LogP contribution < -0.4 is 15.2 Å². The average Bonchev–Trinajstić information content (AvgIpc) is 2.48. The Morgan fingerprint density at radius 1 is 1.14 bits per heavy atom. The van der Waals surface area contributed by atoms with E-state index < -0.39 is 10.0 Å². The number of nitrogens with one attached hydrogen (secondary N) is 1. The molecule has 2 aromatic carbocycles. The van der Waals surface area contributed by atoms with Crippen molar-refractivity contribution in [2.45, 2.75) is 11.3 Å². The van der Waals surface area contributed by atoms with E-state index in [1.54, 1.807) is 19.2 Å². The number of sulfonamides is 1. The fraction of sp³-hybridized carbons (Fsp3) is 0.200. The second-order valence-corrected chi connectivity index (χ2v) is 6.34. The molecule has 0 amide bonds. The van der Waals surface area contributed by atoms with Crippen molar-refractivity contribution in [3.8, 4) is 5.75 Å². The van der Waals surface area contributed by atoms with Crippen LogP contribution in [-0.4, -0.2) is 22.1 Å². The van der Waals surface area contributed by atoms with Crippen molar-refractivity contribution in [3.05, 3.63) is 54.1 Å². The fourth-order valence-corrected chi connectivity index (χ4v) is 2.97. The molecule has 0 saturated heterocycles. The van der Waals surface area contributed by atoms with Gasteiger partial charge in [-0.15, -0.1) is 0 Å². The van der Waals surface area contributed by atoms with Crippen molar-refractivity contribution < 1.29 is 13.2 Å². The highest BCUT2D eigenvalue weighted by atomic mass is 32.2. The van der Waals surface area contributed by atoms with Crippen molar-refractivity contribution in [3.63, 3.8) is 0 Å². The predicted molar refractivity (Wildman–Crippen MR) is 82.7 cm³/mol. The molecule has 0 unspecified atom stereocenters. The zero-order valence-corrected chi connectivity index (χ0v) is 12.6. The summed E-state index contributed by atoms with van der Waals surface area (Å²) in [6.07, 6.45) is 0.603. The van der Waals surface area contributed by atoms with Crippen molar-refractivity contribution in [2.75, 3.05) is 19.4 Å². The lowest BCUT2D eigenvalue weighted by atomic mass is 10.1. The number of nitrogens with two attached hydrogens (primary N) is 1. The summed E-state index contributed by atoms with van der Waals surface area (Å²) in [5.74, 6) is 0.777. The average molecular weight is 306 g/mol. The maximum atomic E-state index is 12.1. The van der Waals surface area contributed by atoms with Gasteiger partial charge in [0.2, 0.25) is 10.0 Å². The number of benzene rings is 2. The quantitative estimate of drug-likeness (QED) is 0.797. The third-order valence-corrected chi connectivity index (χ3v) is 4.49. The Hall–Kier alpha value is -2.05. The molecule has 6 heteroatoms. The first kappa shape index (κ1) is 15.3. The molecule has 5 nitrogen and oxygen atoms in total. The van der Waals surface area contributed by atoms with Crippen LogP contribution in [0.1, 0.15) is 5.56 Å². The molecule has 2 aromatic rings. The van der Waals surface area contributed by atoms with Crippen molar-refractivity contribution >= 4 is 15.7 Å². The van der Waals surface area contributed by atoms with E-state index in [4.69, 9.17) is 10.5 Å². The largest absolute Gasteiger partial charge is 0.497 e. The van der Waals surface area contributed by atoms with E-state index in [-0.39, 0.29) is 4.90 Å². The molecule has 0 aliphatic rings. The van der Waals surface area contributed by atoms with Gasteiger partial charge in [-0.3, -0.25) is 0 Å². The normalized spacial score (nSPS) is 11.3. The Bertz CT molecular complexity index is 697. The monoisotopic (exact) mass is 306 g/mol. The summed E-state index contributed by atoms with van der Waals surface area (Å²) in [7, 11) is -1.91. The molecule has 0 fully saturated rings. The maximum absolute atomic E-state index is 12.1. The summed E-state index contributed by atoms with van der Waals surface area (Å²) in [5.41, 5.74) is 7.06. The van der Waals surface area contributed by atoms with Crippen LogP contribution in [0.2, 0.25) is 0 Å². The highest BCUT2D eigenvalue weighted by molar-refractivity contribution is 7.89. The van der Waals surface area contributed by atoms with Crippen LogP contribution in [0.3, 0.4) is 0 Å². The first-order valence-electron chi connectivity index (χ1n) is 6.49. The zero-order chi connectivity index (χ0) is 15.3. The summed E-state index contributed by atoms with van der Waals surface area (Å²) in [4.78, 5) is 0.178. The SMILES string of the molecule is COc1ccc(CCNS(=O)(=O)c2cccc(N)c2)cc1. The summed E-state index contributed by atoms with van der Waals surface area (Å²) in [5, 5.41) is 0. The molecular formula is C15H18N2O3S. The van der Waals surface area contributed by atoms with Gasteiger partial charge in [0.25, 0.3) is 0 Å². The van der Waals surface area contributed by atoms with E-state index in [9.17, 15) is 8.42 Å². The van der Waals surface area contributed by atoms with E-state index in [0.717, 1.165) is 11.3 Å². The number of anilines is 1. The Kier molecular flexibility index (Phi) is 4.82. The Morgan fingerprint density at radius 3 is 2.48 bits per heavy atom. The lowest BCUT2D eigenvalue weighted by Crippen LogP contribution is -2.26. The second kappa shape index (κ2) is 6.60. The second-order valence-electron chi connectivity index (χ2n) is 4.57. The molecule has 0 aliphatic carbocycles. The van der Waals surface area contributed by atoms with E-state index in [1.807, 2.05) is 24.3 Å². The lowest BCUT2D eigenvalue weighted by Gasteiger charge is -2.08.